The average Bonchev–Trinajstić information content (AvgIpc) is 3.00. The lowest BCUT2D eigenvalue weighted by Crippen LogP contribution is -2.53. The van der Waals surface area contributed by atoms with E-state index < -0.39 is 0 Å². The molecule has 0 aromatic carbocycles. The summed E-state index contributed by atoms with van der Waals surface area (Å²) >= 11 is 1.69. The lowest BCUT2D eigenvalue weighted by atomic mass is 9.90. The molecule has 2 heterocycles. The number of carbonyl (C=O) groups excluding carboxylic acids is 1. The van der Waals surface area contributed by atoms with Crippen LogP contribution in [0.1, 0.15) is 50.4 Å². The Balaban J connectivity index is 2.01. The minimum atomic E-state index is -0.319. The molecule has 2 N–H and O–H groups in total. The fourth-order valence-electron chi connectivity index (χ4n) is 2.70. The van der Waals surface area contributed by atoms with Crippen LogP contribution >= 0.6 is 11.3 Å². The van der Waals surface area contributed by atoms with Crippen LogP contribution in [0.4, 0.5) is 0 Å². The number of hydrogen-bond donors (Lipinski definition) is 2. The highest BCUT2D eigenvalue weighted by Gasteiger charge is 2.40. The van der Waals surface area contributed by atoms with Crippen LogP contribution in [0.5, 0.6) is 0 Å². The van der Waals surface area contributed by atoms with Gasteiger partial charge < -0.3 is 10.6 Å². The summed E-state index contributed by atoms with van der Waals surface area (Å²) in [7, 11) is 0. The largest absolute Gasteiger partial charge is 0.347 e. The molecule has 3 nitrogen and oxygen atoms in total. The third-order valence-corrected chi connectivity index (χ3v) is 4.73. The summed E-state index contributed by atoms with van der Waals surface area (Å²) < 4.78 is 0. The van der Waals surface area contributed by atoms with Crippen molar-refractivity contribution in [1.82, 2.24) is 10.6 Å². The zero-order chi connectivity index (χ0) is 13.0. The lowest BCUT2D eigenvalue weighted by molar-refractivity contribution is -0.128. The quantitative estimate of drug-likeness (QED) is 0.860. The van der Waals surface area contributed by atoms with E-state index in [1.54, 1.807) is 11.3 Å². The minimum absolute atomic E-state index is 0.105. The van der Waals surface area contributed by atoms with Crippen LogP contribution in [0.15, 0.2) is 17.5 Å². The standard InChI is InChI=1S/C14H22N2OS/c1-3-7-14(8-5-9-15-14)13(17)16-11(2)12-6-4-10-18-12/h4,6,10-11,15H,3,5,7-9H2,1-2H3,(H,16,17)/t11-,14?/m0/s1. The van der Waals surface area contributed by atoms with Gasteiger partial charge in [0.25, 0.3) is 0 Å². The van der Waals surface area contributed by atoms with Crippen molar-refractivity contribution in [3.8, 4) is 0 Å². The molecule has 1 aliphatic rings. The molecule has 2 rings (SSSR count). The Morgan fingerprint density at radius 3 is 3.06 bits per heavy atom. The van der Waals surface area contributed by atoms with E-state index in [9.17, 15) is 4.79 Å². The van der Waals surface area contributed by atoms with Crippen molar-refractivity contribution in [2.45, 2.75) is 51.1 Å². The maximum absolute atomic E-state index is 12.5. The number of nitrogens with one attached hydrogen (secondary N) is 2. The monoisotopic (exact) mass is 266 g/mol. The smallest absolute Gasteiger partial charge is 0.240 e. The molecule has 1 unspecified atom stereocenters. The first-order chi connectivity index (χ1) is 8.68. The predicted octanol–water partition coefficient (Wildman–Crippen LogP) is 2.85. The minimum Gasteiger partial charge on any atom is -0.347 e. The molecular weight excluding hydrogens is 244 g/mol. The highest BCUT2D eigenvalue weighted by atomic mass is 32.1. The molecule has 1 amide bonds. The molecule has 4 heteroatoms. The van der Waals surface area contributed by atoms with Gasteiger partial charge in [0.05, 0.1) is 11.6 Å². The molecule has 1 aromatic heterocycles. The van der Waals surface area contributed by atoms with Gasteiger partial charge in [-0.25, -0.2) is 0 Å². The third kappa shape index (κ3) is 2.75. The van der Waals surface area contributed by atoms with Crippen LogP contribution in [-0.2, 0) is 4.79 Å². The first kappa shape index (κ1) is 13.6. The molecule has 18 heavy (non-hydrogen) atoms. The van der Waals surface area contributed by atoms with Crippen LogP contribution in [0, 0.1) is 0 Å². The molecule has 0 saturated carbocycles. The highest BCUT2D eigenvalue weighted by molar-refractivity contribution is 7.10. The Hall–Kier alpha value is -0.870. The van der Waals surface area contributed by atoms with E-state index in [0.29, 0.717) is 0 Å². The zero-order valence-electron chi connectivity index (χ0n) is 11.2. The summed E-state index contributed by atoms with van der Waals surface area (Å²) in [6.07, 6.45) is 4.02. The second kappa shape index (κ2) is 5.85. The Morgan fingerprint density at radius 2 is 2.50 bits per heavy atom. The van der Waals surface area contributed by atoms with Crippen molar-refractivity contribution in [2.24, 2.45) is 0 Å². The summed E-state index contributed by atoms with van der Waals surface area (Å²) in [5.74, 6) is 0.169. The first-order valence-electron chi connectivity index (χ1n) is 6.77. The summed E-state index contributed by atoms with van der Waals surface area (Å²) in [4.78, 5) is 13.7. The van der Waals surface area contributed by atoms with Crippen molar-refractivity contribution < 1.29 is 4.79 Å². The highest BCUT2D eigenvalue weighted by Crippen LogP contribution is 2.27. The Labute approximate surface area is 113 Å². The van der Waals surface area contributed by atoms with Crippen molar-refractivity contribution in [3.05, 3.63) is 22.4 Å². The van der Waals surface area contributed by atoms with Gasteiger partial charge in [0, 0.05) is 4.88 Å². The molecule has 0 radical (unpaired) electrons. The first-order valence-corrected chi connectivity index (χ1v) is 7.65. The predicted molar refractivity (Wildman–Crippen MR) is 75.8 cm³/mol. The zero-order valence-corrected chi connectivity index (χ0v) is 12.0. The molecule has 1 aromatic rings. The molecule has 1 aliphatic heterocycles. The van der Waals surface area contributed by atoms with E-state index in [1.165, 1.54) is 4.88 Å². The fourth-order valence-corrected chi connectivity index (χ4v) is 3.43. The number of carbonyl (C=O) groups is 1. The van der Waals surface area contributed by atoms with E-state index in [2.05, 4.69) is 30.5 Å². The van der Waals surface area contributed by atoms with Crippen molar-refractivity contribution >= 4 is 17.2 Å². The third-order valence-electron chi connectivity index (χ3n) is 3.67. The van der Waals surface area contributed by atoms with Gasteiger partial charge in [-0.15, -0.1) is 11.3 Å². The molecular formula is C14H22N2OS. The number of rotatable bonds is 5. The Morgan fingerprint density at radius 1 is 1.67 bits per heavy atom. The van der Waals surface area contributed by atoms with Crippen molar-refractivity contribution in [2.75, 3.05) is 6.54 Å². The van der Waals surface area contributed by atoms with Crippen LogP contribution in [0.2, 0.25) is 0 Å². The number of amides is 1. The molecule has 0 bridgehead atoms. The van der Waals surface area contributed by atoms with Gasteiger partial charge in [0.2, 0.25) is 5.91 Å². The molecule has 100 valence electrons. The molecule has 0 spiro atoms. The fraction of sp³-hybridized carbons (Fsp3) is 0.643. The summed E-state index contributed by atoms with van der Waals surface area (Å²) in [5, 5.41) is 8.62. The van der Waals surface area contributed by atoms with Gasteiger partial charge >= 0.3 is 0 Å². The van der Waals surface area contributed by atoms with E-state index in [1.807, 2.05) is 11.4 Å². The second-order valence-corrected chi connectivity index (χ2v) is 6.05. The molecule has 0 aliphatic carbocycles. The van der Waals surface area contributed by atoms with Crippen molar-refractivity contribution in [1.29, 1.82) is 0 Å². The topological polar surface area (TPSA) is 41.1 Å². The molecule has 1 saturated heterocycles. The summed E-state index contributed by atoms with van der Waals surface area (Å²) in [5.41, 5.74) is -0.319. The van der Waals surface area contributed by atoms with E-state index in [4.69, 9.17) is 0 Å². The van der Waals surface area contributed by atoms with Gasteiger partial charge in [-0.1, -0.05) is 19.4 Å². The van der Waals surface area contributed by atoms with Crippen LogP contribution in [-0.4, -0.2) is 18.0 Å². The maximum atomic E-state index is 12.5. The van der Waals surface area contributed by atoms with Gasteiger partial charge in [0.15, 0.2) is 0 Å². The van der Waals surface area contributed by atoms with Gasteiger partial charge in [-0.05, 0) is 44.2 Å². The van der Waals surface area contributed by atoms with Gasteiger partial charge in [-0.3, -0.25) is 4.79 Å². The van der Waals surface area contributed by atoms with Gasteiger partial charge in [0.1, 0.15) is 0 Å². The van der Waals surface area contributed by atoms with Crippen LogP contribution < -0.4 is 10.6 Å². The van der Waals surface area contributed by atoms with E-state index in [0.717, 1.165) is 32.2 Å². The van der Waals surface area contributed by atoms with Crippen LogP contribution in [0.3, 0.4) is 0 Å². The number of hydrogen-bond acceptors (Lipinski definition) is 3. The number of thiophene rings is 1. The van der Waals surface area contributed by atoms with Gasteiger partial charge in [-0.2, -0.15) is 0 Å². The van der Waals surface area contributed by atoms with E-state index in [-0.39, 0.29) is 17.5 Å². The van der Waals surface area contributed by atoms with E-state index >= 15 is 0 Å². The molecule has 1 fully saturated rings. The van der Waals surface area contributed by atoms with Crippen molar-refractivity contribution in [3.63, 3.8) is 0 Å². The SMILES string of the molecule is CCCC1(C(=O)N[C@@H](C)c2cccs2)CCCN1. The molecule has 2 atom stereocenters. The Bertz CT molecular complexity index is 383. The second-order valence-electron chi connectivity index (χ2n) is 5.07. The van der Waals surface area contributed by atoms with Crippen LogP contribution in [0.25, 0.3) is 0 Å². The Kier molecular flexibility index (Phi) is 4.40. The maximum Gasteiger partial charge on any atom is 0.240 e. The lowest BCUT2D eigenvalue weighted by Gasteiger charge is -2.29. The average molecular weight is 266 g/mol. The normalized spacial score (nSPS) is 25.0. The summed E-state index contributed by atoms with van der Waals surface area (Å²) in [6, 6.07) is 4.20. The summed E-state index contributed by atoms with van der Waals surface area (Å²) in [6.45, 7) is 5.15.